The Morgan fingerprint density at radius 1 is 1.25 bits per heavy atom. The van der Waals surface area contributed by atoms with Gasteiger partial charge in [0.15, 0.2) is 0 Å². The Morgan fingerprint density at radius 3 is 2.50 bits per heavy atom. The number of aromatic nitrogens is 1. The Bertz CT molecular complexity index is 565. The van der Waals surface area contributed by atoms with Crippen LogP contribution in [-0.4, -0.2) is 23.2 Å². The molecule has 1 atom stereocenters. The van der Waals surface area contributed by atoms with Gasteiger partial charge in [0.05, 0.1) is 6.61 Å². The van der Waals surface area contributed by atoms with Crippen LogP contribution >= 0.6 is 15.9 Å². The summed E-state index contributed by atoms with van der Waals surface area (Å²) in [5, 5.41) is 9.92. The number of benzene rings is 1. The normalized spacial score (nSPS) is 14.0. The van der Waals surface area contributed by atoms with E-state index in [0.717, 1.165) is 15.6 Å². The van der Waals surface area contributed by atoms with Crippen LogP contribution in [0.2, 0.25) is 0 Å². The molecule has 0 aliphatic heterocycles. The van der Waals surface area contributed by atoms with Crippen molar-refractivity contribution in [3.63, 3.8) is 0 Å². The van der Waals surface area contributed by atoms with Crippen LogP contribution in [0, 0.1) is 6.92 Å². The number of halogens is 1. The van der Waals surface area contributed by atoms with Crippen molar-refractivity contribution in [3.05, 3.63) is 63.9 Å². The molecule has 0 amide bonds. The third kappa shape index (κ3) is 3.26. The standard InChI is InChI=1S/C16H19BrN2O/c1-12-2-4-14(5-3-12)16(10-18,11-20)7-13-6-15(17)9-19-8-13/h2-6,8-9,20H,7,10-11,18H2,1H3. The third-order valence-electron chi connectivity index (χ3n) is 3.66. The largest absolute Gasteiger partial charge is 0.395 e. The highest BCUT2D eigenvalue weighted by atomic mass is 79.9. The molecule has 2 rings (SSSR count). The number of aryl methyl sites for hydroxylation is 1. The molecule has 1 aromatic heterocycles. The Morgan fingerprint density at radius 2 is 1.95 bits per heavy atom. The van der Waals surface area contributed by atoms with Gasteiger partial charge in [0.1, 0.15) is 0 Å². The summed E-state index contributed by atoms with van der Waals surface area (Å²) in [4.78, 5) is 4.18. The Kier molecular flexibility index (Phi) is 4.91. The number of hydrogen-bond donors (Lipinski definition) is 2. The first-order chi connectivity index (χ1) is 9.59. The molecule has 0 fully saturated rings. The van der Waals surface area contributed by atoms with Crippen molar-refractivity contribution in [3.8, 4) is 0 Å². The molecule has 0 spiro atoms. The van der Waals surface area contributed by atoms with E-state index in [0.29, 0.717) is 13.0 Å². The van der Waals surface area contributed by atoms with E-state index >= 15 is 0 Å². The molecular formula is C16H19BrN2O. The van der Waals surface area contributed by atoms with E-state index < -0.39 is 5.41 Å². The second-order valence-electron chi connectivity index (χ2n) is 5.20. The van der Waals surface area contributed by atoms with E-state index in [1.165, 1.54) is 5.56 Å². The summed E-state index contributed by atoms with van der Waals surface area (Å²) in [7, 11) is 0. The van der Waals surface area contributed by atoms with Gasteiger partial charge in [-0.1, -0.05) is 29.8 Å². The van der Waals surface area contributed by atoms with Gasteiger partial charge >= 0.3 is 0 Å². The van der Waals surface area contributed by atoms with Gasteiger partial charge in [0, 0.05) is 28.8 Å². The summed E-state index contributed by atoms with van der Waals surface area (Å²) in [6.07, 6.45) is 4.23. The number of nitrogens with zero attached hydrogens (tertiary/aromatic N) is 1. The molecule has 4 heteroatoms. The third-order valence-corrected chi connectivity index (χ3v) is 4.10. The van der Waals surface area contributed by atoms with E-state index in [1.54, 1.807) is 6.20 Å². The van der Waals surface area contributed by atoms with Crippen LogP contribution in [-0.2, 0) is 11.8 Å². The monoisotopic (exact) mass is 334 g/mol. The summed E-state index contributed by atoms with van der Waals surface area (Å²) in [6.45, 7) is 2.45. The molecule has 2 aromatic rings. The summed E-state index contributed by atoms with van der Waals surface area (Å²) in [5.74, 6) is 0. The van der Waals surface area contributed by atoms with E-state index in [-0.39, 0.29) is 6.61 Å². The number of nitrogens with two attached hydrogens (primary N) is 1. The molecule has 3 nitrogen and oxygen atoms in total. The van der Waals surface area contributed by atoms with E-state index in [4.69, 9.17) is 5.73 Å². The van der Waals surface area contributed by atoms with E-state index in [1.807, 2.05) is 31.3 Å². The average molecular weight is 335 g/mol. The Hall–Kier alpha value is -1.23. The lowest BCUT2D eigenvalue weighted by Gasteiger charge is -2.31. The molecule has 0 saturated carbocycles. The maximum absolute atomic E-state index is 9.92. The summed E-state index contributed by atoms with van der Waals surface area (Å²) >= 11 is 3.42. The van der Waals surface area contributed by atoms with Crippen LogP contribution in [0.15, 0.2) is 47.2 Å². The number of pyridine rings is 1. The molecule has 0 aliphatic carbocycles. The Labute approximate surface area is 128 Å². The summed E-state index contributed by atoms with van der Waals surface area (Å²) in [5.41, 5.74) is 8.83. The number of hydrogen-bond acceptors (Lipinski definition) is 3. The van der Waals surface area contributed by atoms with Crippen LogP contribution in [0.5, 0.6) is 0 Å². The van der Waals surface area contributed by atoms with E-state index in [2.05, 4.69) is 33.0 Å². The van der Waals surface area contributed by atoms with Gasteiger partial charge in [-0.15, -0.1) is 0 Å². The molecule has 0 saturated heterocycles. The first-order valence-corrected chi connectivity index (χ1v) is 7.36. The molecule has 0 radical (unpaired) electrons. The van der Waals surface area contributed by atoms with Crippen LogP contribution in [0.1, 0.15) is 16.7 Å². The molecule has 106 valence electrons. The van der Waals surface area contributed by atoms with Crippen molar-refractivity contribution >= 4 is 15.9 Å². The highest BCUT2D eigenvalue weighted by molar-refractivity contribution is 9.10. The smallest absolute Gasteiger partial charge is 0.0543 e. The van der Waals surface area contributed by atoms with E-state index in [9.17, 15) is 5.11 Å². The highest BCUT2D eigenvalue weighted by Crippen LogP contribution is 2.28. The lowest BCUT2D eigenvalue weighted by atomic mass is 9.76. The van der Waals surface area contributed by atoms with Gasteiger partial charge in [-0.25, -0.2) is 0 Å². The van der Waals surface area contributed by atoms with Crippen molar-refractivity contribution in [2.45, 2.75) is 18.8 Å². The first-order valence-electron chi connectivity index (χ1n) is 6.57. The number of aliphatic hydroxyl groups excluding tert-OH is 1. The molecule has 20 heavy (non-hydrogen) atoms. The summed E-state index contributed by atoms with van der Waals surface area (Å²) in [6, 6.07) is 10.2. The predicted octanol–water partition coefficient (Wildman–Crippen LogP) is 2.58. The molecule has 1 aromatic carbocycles. The fraction of sp³-hybridized carbons (Fsp3) is 0.312. The molecule has 1 unspecified atom stereocenters. The second kappa shape index (κ2) is 6.48. The van der Waals surface area contributed by atoms with Crippen LogP contribution in [0.3, 0.4) is 0 Å². The number of rotatable bonds is 5. The van der Waals surface area contributed by atoms with Crippen LogP contribution in [0.4, 0.5) is 0 Å². The molecule has 0 aliphatic rings. The summed E-state index contributed by atoms with van der Waals surface area (Å²) < 4.78 is 0.933. The highest BCUT2D eigenvalue weighted by Gasteiger charge is 2.30. The minimum atomic E-state index is -0.462. The van der Waals surface area contributed by atoms with Crippen molar-refractivity contribution in [1.82, 2.24) is 4.98 Å². The van der Waals surface area contributed by atoms with Crippen molar-refractivity contribution in [2.75, 3.05) is 13.2 Å². The topological polar surface area (TPSA) is 59.1 Å². The minimum absolute atomic E-state index is 0.0130. The SMILES string of the molecule is Cc1ccc(C(CN)(CO)Cc2cncc(Br)c2)cc1. The van der Waals surface area contributed by atoms with Crippen LogP contribution < -0.4 is 5.73 Å². The van der Waals surface area contributed by atoms with Gasteiger partial charge in [0.25, 0.3) is 0 Å². The maximum atomic E-state index is 9.92. The van der Waals surface area contributed by atoms with Crippen molar-refractivity contribution in [1.29, 1.82) is 0 Å². The van der Waals surface area contributed by atoms with Gasteiger partial charge in [-0.3, -0.25) is 4.98 Å². The second-order valence-corrected chi connectivity index (χ2v) is 6.11. The van der Waals surface area contributed by atoms with Gasteiger partial charge in [-0.05, 0) is 46.5 Å². The molecule has 3 N–H and O–H groups in total. The van der Waals surface area contributed by atoms with Crippen molar-refractivity contribution < 1.29 is 5.11 Å². The zero-order chi connectivity index (χ0) is 14.6. The predicted molar refractivity (Wildman–Crippen MR) is 84.6 cm³/mol. The fourth-order valence-electron chi connectivity index (χ4n) is 2.35. The fourth-order valence-corrected chi connectivity index (χ4v) is 2.77. The van der Waals surface area contributed by atoms with Gasteiger partial charge < -0.3 is 10.8 Å². The zero-order valence-electron chi connectivity index (χ0n) is 11.5. The average Bonchev–Trinajstić information content (AvgIpc) is 2.46. The number of aliphatic hydroxyl groups is 1. The zero-order valence-corrected chi connectivity index (χ0v) is 13.1. The first kappa shape index (κ1) is 15.2. The van der Waals surface area contributed by atoms with Gasteiger partial charge in [0.2, 0.25) is 0 Å². The lowest BCUT2D eigenvalue weighted by molar-refractivity contribution is 0.196. The quantitative estimate of drug-likeness (QED) is 0.883. The molecule has 1 heterocycles. The minimum Gasteiger partial charge on any atom is -0.395 e. The molecular weight excluding hydrogens is 316 g/mol. The van der Waals surface area contributed by atoms with Crippen molar-refractivity contribution in [2.24, 2.45) is 5.73 Å². The Balaban J connectivity index is 2.36. The van der Waals surface area contributed by atoms with Crippen LogP contribution in [0.25, 0.3) is 0 Å². The molecule has 0 bridgehead atoms. The maximum Gasteiger partial charge on any atom is 0.0543 e. The van der Waals surface area contributed by atoms with Gasteiger partial charge in [-0.2, -0.15) is 0 Å². The lowest BCUT2D eigenvalue weighted by Crippen LogP contribution is -2.41.